The summed E-state index contributed by atoms with van der Waals surface area (Å²) in [6.07, 6.45) is 8.13. The Balaban J connectivity index is 0.00000182. The maximum atomic E-state index is 12.8. The lowest BCUT2D eigenvalue weighted by molar-refractivity contribution is -0.119. The molecule has 0 spiro atoms. The Morgan fingerprint density at radius 1 is 1.36 bits per heavy atom. The number of carbonyl (C=O) groups excluding carboxylic acids is 1. The number of nitrogens with one attached hydrogen (secondary N) is 2. The number of halogens is 1. The summed E-state index contributed by atoms with van der Waals surface area (Å²) in [5.41, 5.74) is 1.11. The van der Waals surface area contributed by atoms with Gasteiger partial charge in [0.2, 0.25) is 5.91 Å². The molecule has 3 atom stereocenters. The van der Waals surface area contributed by atoms with E-state index < -0.39 is 0 Å². The molecule has 1 amide bonds. The van der Waals surface area contributed by atoms with Crippen LogP contribution in [0, 0.1) is 11.8 Å². The molecule has 4 rings (SSSR count). The molecule has 2 fully saturated rings. The fraction of sp³-hybridized carbons (Fsp3) is 0.588. The SMILES string of the molecule is CC(C1CC1)n1nccc1NC(=O)[C@H]1CNC[C@@H]1c1cnn(C)c1.Cl. The molecule has 2 N–H and O–H groups in total. The van der Waals surface area contributed by atoms with Gasteiger partial charge in [-0.15, -0.1) is 12.4 Å². The highest BCUT2D eigenvalue weighted by Crippen LogP contribution is 2.40. The van der Waals surface area contributed by atoms with Crippen LogP contribution < -0.4 is 10.6 Å². The van der Waals surface area contributed by atoms with E-state index in [4.69, 9.17) is 0 Å². The van der Waals surface area contributed by atoms with Crippen molar-refractivity contribution in [1.29, 1.82) is 0 Å². The highest BCUT2D eigenvalue weighted by molar-refractivity contribution is 5.93. The first-order valence-corrected chi connectivity index (χ1v) is 8.67. The Kier molecular flexibility index (Phi) is 5.15. The van der Waals surface area contributed by atoms with Gasteiger partial charge in [0.15, 0.2) is 0 Å². The number of anilines is 1. The Hall–Kier alpha value is -1.86. The lowest BCUT2D eigenvalue weighted by Gasteiger charge is -2.19. The van der Waals surface area contributed by atoms with Gasteiger partial charge in [-0.3, -0.25) is 9.48 Å². The van der Waals surface area contributed by atoms with E-state index in [1.54, 1.807) is 10.9 Å². The van der Waals surface area contributed by atoms with Crippen molar-refractivity contribution in [3.05, 3.63) is 30.2 Å². The van der Waals surface area contributed by atoms with Gasteiger partial charge in [0, 0.05) is 38.3 Å². The molecular weight excluding hydrogens is 340 g/mol. The predicted octanol–water partition coefficient (Wildman–Crippen LogP) is 1.95. The van der Waals surface area contributed by atoms with E-state index in [2.05, 4.69) is 27.8 Å². The molecule has 0 aromatic carbocycles. The third-order valence-corrected chi connectivity index (χ3v) is 5.32. The standard InChI is InChI=1S/C17H24N6O.ClH/c1-11(12-3-4-12)23-16(5-6-19-23)21-17(24)15-9-18-8-14(15)13-7-20-22(2)10-13;/h5-7,10-12,14-15,18H,3-4,8-9H2,1-2H3,(H,21,24);1H/t11?,14-,15+;/m1./s1. The monoisotopic (exact) mass is 364 g/mol. The molecule has 2 aliphatic rings. The minimum absolute atomic E-state index is 0. The van der Waals surface area contributed by atoms with Crippen LogP contribution in [0.2, 0.25) is 0 Å². The van der Waals surface area contributed by atoms with Gasteiger partial charge in [-0.25, -0.2) is 4.68 Å². The summed E-state index contributed by atoms with van der Waals surface area (Å²) in [5, 5.41) is 15.1. The summed E-state index contributed by atoms with van der Waals surface area (Å²) in [5.74, 6) is 1.62. The molecule has 1 saturated carbocycles. The normalized spacial score (nSPS) is 23.9. The number of hydrogen-bond donors (Lipinski definition) is 2. The fourth-order valence-corrected chi connectivity index (χ4v) is 3.67. The third kappa shape index (κ3) is 3.57. The second-order valence-electron chi connectivity index (χ2n) is 7.05. The zero-order valence-corrected chi connectivity index (χ0v) is 15.4. The molecule has 1 unspecified atom stereocenters. The number of amides is 1. The van der Waals surface area contributed by atoms with Crippen LogP contribution in [0.4, 0.5) is 5.82 Å². The molecule has 2 aromatic rings. The minimum Gasteiger partial charge on any atom is -0.315 e. The maximum absolute atomic E-state index is 12.8. The topological polar surface area (TPSA) is 76.8 Å². The van der Waals surface area contributed by atoms with E-state index in [1.165, 1.54) is 12.8 Å². The second-order valence-corrected chi connectivity index (χ2v) is 7.05. The molecule has 1 aliphatic carbocycles. The van der Waals surface area contributed by atoms with E-state index in [0.717, 1.165) is 17.9 Å². The van der Waals surface area contributed by atoms with Crippen molar-refractivity contribution in [2.75, 3.05) is 18.4 Å². The predicted molar refractivity (Wildman–Crippen MR) is 97.8 cm³/mol. The molecule has 1 saturated heterocycles. The van der Waals surface area contributed by atoms with E-state index in [-0.39, 0.29) is 30.2 Å². The van der Waals surface area contributed by atoms with Gasteiger partial charge in [0.1, 0.15) is 5.82 Å². The van der Waals surface area contributed by atoms with Gasteiger partial charge in [0.25, 0.3) is 0 Å². The number of carbonyl (C=O) groups is 1. The van der Waals surface area contributed by atoms with Crippen molar-refractivity contribution in [3.8, 4) is 0 Å². The lowest BCUT2D eigenvalue weighted by Crippen LogP contribution is -2.29. The highest BCUT2D eigenvalue weighted by atomic mass is 35.5. The van der Waals surface area contributed by atoms with Crippen LogP contribution in [0.15, 0.2) is 24.7 Å². The van der Waals surface area contributed by atoms with Gasteiger partial charge in [-0.1, -0.05) is 0 Å². The first-order chi connectivity index (χ1) is 11.6. The molecule has 8 heteroatoms. The summed E-state index contributed by atoms with van der Waals surface area (Å²) in [4.78, 5) is 12.8. The van der Waals surface area contributed by atoms with Crippen molar-refractivity contribution < 1.29 is 4.79 Å². The molecule has 0 radical (unpaired) electrons. The molecular formula is C17H25ClN6O. The van der Waals surface area contributed by atoms with Crippen molar-refractivity contribution in [1.82, 2.24) is 24.9 Å². The first-order valence-electron chi connectivity index (χ1n) is 8.67. The second kappa shape index (κ2) is 7.17. The van der Waals surface area contributed by atoms with Gasteiger partial charge in [-0.2, -0.15) is 10.2 Å². The van der Waals surface area contributed by atoms with E-state index in [9.17, 15) is 4.79 Å². The molecule has 136 valence electrons. The van der Waals surface area contributed by atoms with Crippen LogP contribution >= 0.6 is 12.4 Å². The number of nitrogens with zero attached hydrogens (tertiary/aromatic N) is 4. The van der Waals surface area contributed by atoms with Gasteiger partial charge in [0.05, 0.1) is 24.4 Å². The minimum atomic E-state index is -0.0891. The van der Waals surface area contributed by atoms with Crippen molar-refractivity contribution in [2.24, 2.45) is 18.9 Å². The number of hydrogen-bond acceptors (Lipinski definition) is 4. The Morgan fingerprint density at radius 2 is 2.16 bits per heavy atom. The summed E-state index contributed by atoms with van der Waals surface area (Å²) in [6.45, 7) is 3.68. The highest BCUT2D eigenvalue weighted by Gasteiger charge is 2.36. The van der Waals surface area contributed by atoms with E-state index in [0.29, 0.717) is 18.5 Å². The Morgan fingerprint density at radius 3 is 2.84 bits per heavy atom. The molecule has 25 heavy (non-hydrogen) atoms. The lowest BCUT2D eigenvalue weighted by atomic mass is 9.90. The average molecular weight is 365 g/mol. The number of aryl methyl sites for hydroxylation is 1. The van der Waals surface area contributed by atoms with Crippen LogP contribution in [-0.4, -0.2) is 38.6 Å². The maximum Gasteiger partial charge on any atom is 0.230 e. The summed E-state index contributed by atoms with van der Waals surface area (Å²) >= 11 is 0. The summed E-state index contributed by atoms with van der Waals surface area (Å²) < 4.78 is 3.74. The van der Waals surface area contributed by atoms with Gasteiger partial charge < -0.3 is 10.6 Å². The average Bonchev–Trinajstić information content (AvgIpc) is 2.97. The zero-order valence-electron chi connectivity index (χ0n) is 14.6. The smallest absolute Gasteiger partial charge is 0.230 e. The van der Waals surface area contributed by atoms with E-state index >= 15 is 0 Å². The van der Waals surface area contributed by atoms with Crippen molar-refractivity contribution in [3.63, 3.8) is 0 Å². The first kappa shape index (κ1) is 17.9. The number of rotatable bonds is 5. The van der Waals surface area contributed by atoms with E-state index in [1.807, 2.05) is 30.2 Å². The van der Waals surface area contributed by atoms with Crippen LogP contribution in [-0.2, 0) is 11.8 Å². The van der Waals surface area contributed by atoms with Crippen LogP contribution in [0.5, 0.6) is 0 Å². The van der Waals surface area contributed by atoms with Crippen molar-refractivity contribution >= 4 is 24.1 Å². The Bertz CT molecular complexity index is 737. The van der Waals surface area contributed by atoms with Gasteiger partial charge >= 0.3 is 0 Å². The molecule has 0 bridgehead atoms. The molecule has 3 heterocycles. The largest absolute Gasteiger partial charge is 0.315 e. The third-order valence-electron chi connectivity index (χ3n) is 5.32. The number of aromatic nitrogens is 4. The van der Waals surface area contributed by atoms with Gasteiger partial charge in [-0.05, 0) is 31.2 Å². The molecule has 2 aromatic heterocycles. The Labute approximate surface area is 153 Å². The zero-order chi connectivity index (χ0) is 16.7. The summed E-state index contributed by atoms with van der Waals surface area (Å²) in [7, 11) is 1.90. The fourth-order valence-electron chi connectivity index (χ4n) is 3.67. The molecule has 7 nitrogen and oxygen atoms in total. The quantitative estimate of drug-likeness (QED) is 0.850. The van der Waals surface area contributed by atoms with Crippen LogP contribution in [0.1, 0.15) is 37.3 Å². The van der Waals surface area contributed by atoms with Crippen LogP contribution in [0.3, 0.4) is 0 Å². The van der Waals surface area contributed by atoms with Crippen LogP contribution in [0.25, 0.3) is 0 Å². The van der Waals surface area contributed by atoms with Crippen molar-refractivity contribution in [2.45, 2.75) is 31.7 Å². The summed E-state index contributed by atoms with van der Waals surface area (Å²) in [6, 6.07) is 2.23. The molecule has 1 aliphatic heterocycles.